The van der Waals surface area contributed by atoms with Gasteiger partial charge in [0, 0.05) is 17.7 Å². The topological polar surface area (TPSA) is 67.2 Å². The Bertz CT molecular complexity index is 1840. The van der Waals surface area contributed by atoms with E-state index in [1.165, 1.54) is 12.1 Å². The molecule has 1 aliphatic heterocycles. The van der Waals surface area contributed by atoms with Crippen LogP contribution in [0.3, 0.4) is 0 Å². The van der Waals surface area contributed by atoms with E-state index in [0.717, 1.165) is 50.3 Å². The number of nitrogens with zero attached hydrogens (tertiary/aromatic N) is 3. The smallest absolute Gasteiger partial charge is 0.240 e. The minimum Gasteiger partial charge on any atom is -0.350 e. The molecule has 2 heterocycles. The van der Waals surface area contributed by atoms with E-state index in [9.17, 15) is 14.0 Å². The van der Waals surface area contributed by atoms with Gasteiger partial charge in [-0.15, -0.1) is 11.8 Å². The van der Waals surface area contributed by atoms with Crippen molar-refractivity contribution in [1.29, 1.82) is 0 Å². The minimum atomic E-state index is -0.336. The number of anilines is 1. The van der Waals surface area contributed by atoms with Gasteiger partial charge in [0.1, 0.15) is 18.2 Å². The standard InChI is InChI=1S/C36H33FN4O2S/c1-23-9-7-13-28(19-23)35-33-34(27-11-5-4-6-12-27)39-41(30-14-8-10-24(2)25(30)3)36(33)40(32(43)22-44-35)21-31(42)38-20-26-15-17-29(37)18-16-26/h4-19,35H,20-22H2,1-3H3,(H,38,42). The molecule has 0 aliphatic carbocycles. The largest absolute Gasteiger partial charge is 0.350 e. The molecule has 1 atom stereocenters. The van der Waals surface area contributed by atoms with Crippen LogP contribution in [0, 0.1) is 26.6 Å². The maximum absolute atomic E-state index is 14.0. The van der Waals surface area contributed by atoms with Crippen LogP contribution in [0.4, 0.5) is 10.2 Å². The van der Waals surface area contributed by atoms with Crippen molar-refractivity contribution in [3.8, 4) is 16.9 Å². The summed E-state index contributed by atoms with van der Waals surface area (Å²) in [7, 11) is 0. The van der Waals surface area contributed by atoms with E-state index in [1.54, 1.807) is 28.8 Å². The second-order valence-corrected chi connectivity index (χ2v) is 12.2. The van der Waals surface area contributed by atoms with E-state index in [-0.39, 0.29) is 41.7 Å². The molecule has 0 fully saturated rings. The lowest BCUT2D eigenvalue weighted by molar-refractivity contribution is -0.123. The van der Waals surface area contributed by atoms with E-state index in [0.29, 0.717) is 5.82 Å². The summed E-state index contributed by atoms with van der Waals surface area (Å²) in [5.41, 5.74) is 8.55. The maximum Gasteiger partial charge on any atom is 0.240 e. The molecule has 4 aromatic carbocycles. The molecule has 44 heavy (non-hydrogen) atoms. The van der Waals surface area contributed by atoms with Crippen molar-refractivity contribution in [2.24, 2.45) is 0 Å². The molecule has 1 N–H and O–H groups in total. The summed E-state index contributed by atoms with van der Waals surface area (Å²) in [5.74, 6) is -0.0371. The molecular weight excluding hydrogens is 571 g/mol. The first-order valence-electron chi connectivity index (χ1n) is 14.5. The van der Waals surface area contributed by atoms with Crippen LogP contribution in [0.1, 0.15) is 38.6 Å². The van der Waals surface area contributed by atoms with E-state index < -0.39 is 0 Å². The van der Waals surface area contributed by atoms with E-state index in [1.807, 2.05) is 60.1 Å². The van der Waals surface area contributed by atoms with Crippen molar-refractivity contribution < 1.29 is 14.0 Å². The molecule has 222 valence electrons. The molecule has 6 rings (SSSR count). The van der Waals surface area contributed by atoms with Crippen LogP contribution < -0.4 is 10.2 Å². The third-order valence-electron chi connectivity index (χ3n) is 7.99. The molecule has 0 radical (unpaired) electrons. The number of rotatable bonds is 7. The third-order valence-corrected chi connectivity index (χ3v) is 9.24. The van der Waals surface area contributed by atoms with Gasteiger partial charge in [-0.05, 0) is 61.2 Å². The first kappa shape index (κ1) is 29.4. The second kappa shape index (κ2) is 12.5. The zero-order valence-corrected chi connectivity index (χ0v) is 25.7. The Hall–Kier alpha value is -4.69. The number of benzene rings is 4. The predicted octanol–water partition coefficient (Wildman–Crippen LogP) is 7.09. The van der Waals surface area contributed by atoms with Gasteiger partial charge >= 0.3 is 0 Å². The second-order valence-electron chi connectivity index (χ2n) is 11.1. The lowest BCUT2D eigenvalue weighted by atomic mass is 9.98. The van der Waals surface area contributed by atoms with Gasteiger partial charge in [-0.3, -0.25) is 14.5 Å². The number of aryl methyl sites for hydroxylation is 2. The summed E-state index contributed by atoms with van der Waals surface area (Å²) in [5, 5.41) is 7.93. The average molecular weight is 605 g/mol. The normalized spacial score (nSPS) is 14.7. The van der Waals surface area contributed by atoms with Gasteiger partial charge in [0.05, 0.1) is 22.4 Å². The number of amides is 2. The highest BCUT2D eigenvalue weighted by Crippen LogP contribution is 2.48. The number of thioether (sulfide) groups is 1. The Morgan fingerprint density at radius 1 is 0.955 bits per heavy atom. The van der Waals surface area contributed by atoms with Crippen LogP contribution in [0.5, 0.6) is 0 Å². The van der Waals surface area contributed by atoms with E-state index >= 15 is 0 Å². The summed E-state index contributed by atoms with van der Waals surface area (Å²) in [6.07, 6.45) is 0. The molecule has 0 bridgehead atoms. The van der Waals surface area contributed by atoms with E-state index in [4.69, 9.17) is 5.10 Å². The molecule has 0 saturated carbocycles. The Morgan fingerprint density at radius 3 is 2.45 bits per heavy atom. The van der Waals surface area contributed by atoms with Gasteiger partial charge in [0.15, 0.2) is 0 Å². The molecule has 1 aliphatic rings. The summed E-state index contributed by atoms with van der Waals surface area (Å²) in [6.45, 7) is 6.20. The molecule has 5 aromatic rings. The highest BCUT2D eigenvalue weighted by atomic mass is 32.2. The van der Waals surface area contributed by atoms with Crippen molar-refractivity contribution >= 4 is 29.4 Å². The number of aromatic nitrogens is 2. The maximum atomic E-state index is 14.0. The number of hydrogen-bond acceptors (Lipinski definition) is 4. The van der Waals surface area contributed by atoms with Gasteiger partial charge in [0.2, 0.25) is 11.8 Å². The lowest BCUT2D eigenvalue weighted by Gasteiger charge is -2.24. The van der Waals surface area contributed by atoms with Gasteiger partial charge < -0.3 is 5.32 Å². The highest BCUT2D eigenvalue weighted by Gasteiger charge is 2.38. The van der Waals surface area contributed by atoms with Crippen molar-refractivity contribution in [2.75, 3.05) is 17.2 Å². The average Bonchev–Trinajstić information content (AvgIpc) is 3.34. The summed E-state index contributed by atoms with van der Waals surface area (Å²) in [4.78, 5) is 29.0. The van der Waals surface area contributed by atoms with Gasteiger partial charge in [-0.25, -0.2) is 9.07 Å². The van der Waals surface area contributed by atoms with Gasteiger partial charge in [-0.1, -0.05) is 84.4 Å². The van der Waals surface area contributed by atoms with Crippen LogP contribution in [-0.4, -0.2) is 33.9 Å². The minimum absolute atomic E-state index is 0.172. The summed E-state index contributed by atoms with van der Waals surface area (Å²) in [6, 6.07) is 30.4. The number of hydrogen-bond donors (Lipinski definition) is 1. The zero-order valence-electron chi connectivity index (χ0n) is 24.9. The molecule has 1 unspecified atom stereocenters. The molecule has 0 spiro atoms. The van der Waals surface area contributed by atoms with Gasteiger partial charge in [0.25, 0.3) is 0 Å². The van der Waals surface area contributed by atoms with Crippen LogP contribution in [-0.2, 0) is 16.1 Å². The predicted molar refractivity (Wildman–Crippen MR) is 175 cm³/mol. The Balaban J connectivity index is 1.52. The van der Waals surface area contributed by atoms with Crippen LogP contribution in [0.25, 0.3) is 16.9 Å². The zero-order chi connectivity index (χ0) is 30.8. The van der Waals surface area contributed by atoms with Crippen molar-refractivity contribution in [2.45, 2.75) is 32.6 Å². The fourth-order valence-corrected chi connectivity index (χ4v) is 6.75. The van der Waals surface area contributed by atoms with Crippen LogP contribution in [0.2, 0.25) is 0 Å². The lowest BCUT2D eigenvalue weighted by Crippen LogP contribution is -2.42. The highest BCUT2D eigenvalue weighted by molar-refractivity contribution is 8.00. The molecular formula is C36H33FN4O2S. The molecule has 0 saturated heterocycles. The SMILES string of the molecule is Cc1cccc(C2SCC(=O)N(CC(=O)NCc3ccc(F)cc3)c3c2c(-c2ccccc2)nn3-c2cccc(C)c2C)c1. The number of carbonyl (C=O) groups excluding carboxylic acids is 2. The van der Waals surface area contributed by atoms with Crippen molar-refractivity contribution in [3.05, 3.63) is 136 Å². The van der Waals surface area contributed by atoms with Crippen molar-refractivity contribution in [3.63, 3.8) is 0 Å². The van der Waals surface area contributed by atoms with Gasteiger partial charge in [-0.2, -0.15) is 5.10 Å². The van der Waals surface area contributed by atoms with Crippen LogP contribution >= 0.6 is 11.8 Å². The summed E-state index contributed by atoms with van der Waals surface area (Å²) < 4.78 is 15.3. The fourth-order valence-electron chi connectivity index (χ4n) is 5.56. The molecule has 2 amide bonds. The molecule has 6 nitrogen and oxygen atoms in total. The number of halogens is 1. The third kappa shape index (κ3) is 5.90. The first-order chi connectivity index (χ1) is 21.3. The monoisotopic (exact) mass is 604 g/mol. The summed E-state index contributed by atoms with van der Waals surface area (Å²) >= 11 is 1.55. The quantitative estimate of drug-likeness (QED) is 0.215. The Kier molecular flexibility index (Phi) is 8.35. The first-order valence-corrected chi connectivity index (χ1v) is 15.6. The van der Waals surface area contributed by atoms with Crippen LogP contribution in [0.15, 0.2) is 97.1 Å². The Morgan fingerprint density at radius 2 is 1.70 bits per heavy atom. The number of carbonyl (C=O) groups is 2. The number of fused-ring (bicyclic) bond motifs is 1. The Labute approximate surface area is 260 Å². The van der Waals surface area contributed by atoms with E-state index in [2.05, 4.69) is 43.4 Å². The molecule has 1 aromatic heterocycles. The molecule has 8 heteroatoms. The fraction of sp³-hybridized carbons (Fsp3) is 0.194. The van der Waals surface area contributed by atoms with Crippen molar-refractivity contribution in [1.82, 2.24) is 15.1 Å². The number of nitrogens with one attached hydrogen (secondary N) is 1.